The van der Waals surface area contributed by atoms with Crippen LogP contribution in [0.25, 0.3) is 122 Å². The van der Waals surface area contributed by atoms with Gasteiger partial charge in [-0.15, -0.1) is 0 Å². The van der Waals surface area contributed by atoms with Crippen LogP contribution >= 0.6 is 0 Å². The fraction of sp³-hybridized carbons (Fsp3) is 0. The Kier molecular flexibility index (Phi) is 9.05. The summed E-state index contributed by atoms with van der Waals surface area (Å²) in [7, 11) is 0. The molecule has 4 aromatic heterocycles. The third kappa shape index (κ3) is 6.53. The van der Waals surface area contributed by atoms with Crippen molar-refractivity contribution in [3.05, 3.63) is 219 Å². The molecule has 0 amide bonds. The number of rotatable bonds is 7. The molecule has 8 aromatic carbocycles. The Morgan fingerprint density at radius 2 is 0.625 bits per heavy atom. The minimum absolute atomic E-state index is 0.630. The number of nitrogens with zero attached hydrogens (tertiary/aromatic N) is 6. The van der Waals surface area contributed by atoms with Crippen LogP contribution in [0.1, 0.15) is 0 Å². The lowest BCUT2D eigenvalue weighted by molar-refractivity contribution is 1.08. The number of benzene rings is 8. The van der Waals surface area contributed by atoms with E-state index in [2.05, 4.69) is 109 Å². The molecule has 0 bridgehead atoms. The number of pyridine rings is 3. The molecule has 0 N–H and O–H groups in total. The first-order chi connectivity index (χ1) is 31.7. The largest absolute Gasteiger partial charge is 0.255 e. The van der Waals surface area contributed by atoms with E-state index in [-0.39, 0.29) is 0 Å². The van der Waals surface area contributed by atoms with E-state index in [1.54, 1.807) is 0 Å². The van der Waals surface area contributed by atoms with Crippen LogP contribution in [0.15, 0.2) is 219 Å². The first kappa shape index (κ1) is 37.1. The van der Waals surface area contributed by atoms with Crippen LogP contribution < -0.4 is 0 Å². The highest BCUT2D eigenvalue weighted by Crippen LogP contribution is 2.45. The molecule has 6 heteroatoms. The van der Waals surface area contributed by atoms with Crippen LogP contribution in [-0.4, -0.2) is 29.9 Å². The Morgan fingerprint density at radius 1 is 0.219 bits per heavy atom. The van der Waals surface area contributed by atoms with E-state index in [1.165, 1.54) is 26.9 Å². The second-order valence-electron chi connectivity index (χ2n) is 15.8. The minimum atomic E-state index is 0.630. The topological polar surface area (TPSA) is 77.3 Å². The predicted molar refractivity (Wildman–Crippen MR) is 261 cm³/mol. The minimum Gasteiger partial charge on any atom is -0.255 e. The van der Waals surface area contributed by atoms with Crippen molar-refractivity contribution in [3.8, 4) is 79.2 Å². The van der Waals surface area contributed by atoms with Gasteiger partial charge in [0.05, 0.1) is 22.8 Å². The monoisotopic (exact) mass is 816 g/mol. The first-order valence-electron chi connectivity index (χ1n) is 21.4. The van der Waals surface area contributed by atoms with Crippen molar-refractivity contribution in [1.29, 1.82) is 0 Å². The second-order valence-corrected chi connectivity index (χ2v) is 15.8. The third-order valence-electron chi connectivity index (χ3n) is 12.0. The van der Waals surface area contributed by atoms with Gasteiger partial charge in [0.1, 0.15) is 0 Å². The van der Waals surface area contributed by atoms with Crippen LogP contribution in [0, 0.1) is 0 Å². The number of fused-ring (bicyclic) bond motifs is 6. The summed E-state index contributed by atoms with van der Waals surface area (Å²) in [6.45, 7) is 0. The van der Waals surface area contributed by atoms with Gasteiger partial charge in [-0.3, -0.25) is 9.97 Å². The summed E-state index contributed by atoms with van der Waals surface area (Å²) in [4.78, 5) is 29.7. The van der Waals surface area contributed by atoms with Gasteiger partial charge in [-0.2, -0.15) is 0 Å². The molecular formula is C58H36N6. The van der Waals surface area contributed by atoms with E-state index in [0.717, 1.165) is 77.9 Å². The molecule has 0 fully saturated rings. The number of hydrogen-bond acceptors (Lipinski definition) is 6. The van der Waals surface area contributed by atoms with Gasteiger partial charge in [-0.1, -0.05) is 152 Å². The highest BCUT2D eigenvalue weighted by Gasteiger charge is 2.20. The van der Waals surface area contributed by atoms with Gasteiger partial charge in [0.15, 0.2) is 17.5 Å². The van der Waals surface area contributed by atoms with Crippen molar-refractivity contribution in [2.45, 2.75) is 0 Å². The molecule has 0 aliphatic rings. The molecule has 0 saturated carbocycles. The Hall–Kier alpha value is -8.74. The fourth-order valence-corrected chi connectivity index (χ4v) is 9.05. The molecule has 0 radical (unpaired) electrons. The maximum atomic E-state index is 5.12. The van der Waals surface area contributed by atoms with Crippen molar-refractivity contribution < 1.29 is 0 Å². The van der Waals surface area contributed by atoms with Crippen molar-refractivity contribution in [1.82, 2.24) is 29.9 Å². The van der Waals surface area contributed by atoms with Crippen molar-refractivity contribution >= 4 is 43.1 Å². The standard InChI is InChI=1S/C58H36N6/c1-3-17-37(18-4-1)56-62-57(38-19-5-2-6-20-38)64-58(63-56)47-30-29-46(40-21-7-8-22-41(40)47)49-36-51-43-24-10-9-23-42(43)48(35-50(51)45-26-12-11-25-44(45)49)39-33-54(52-27-13-15-31-59-52)61-55(34-39)53-28-14-16-32-60-53/h1-36H. The molecule has 6 nitrogen and oxygen atoms in total. The summed E-state index contributed by atoms with van der Waals surface area (Å²) in [5, 5.41) is 9.22. The normalized spacial score (nSPS) is 11.4. The second kappa shape index (κ2) is 15.6. The highest BCUT2D eigenvalue weighted by atomic mass is 15.0. The summed E-state index contributed by atoms with van der Waals surface area (Å²) in [6, 6.07) is 71.7. The summed E-state index contributed by atoms with van der Waals surface area (Å²) < 4.78 is 0. The lowest BCUT2D eigenvalue weighted by Gasteiger charge is -2.18. The van der Waals surface area contributed by atoms with Crippen molar-refractivity contribution in [3.63, 3.8) is 0 Å². The molecule has 12 rings (SSSR count). The maximum Gasteiger partial charge on any atom is 0.164 e. The van der Waals surface area contributed by atoms with E-state index in [0.29, 0.717) is 17.5 Å². The van der Waals surface area contributed by atoms with Gasteiger partial charge in [0.25, 0.3) is 0 Å². The molecule has 4 heterocycles. The van der Waals surface area contributed by atoms with Crippen LogP contribution in [0.2, 0.25) is 0 Å². The van der Waals surface area contributed by atoms with Crippen LogP contribution in [0.5, 0.6) is 0 Å². The van der Waals surface area contributed by atoms with Crippen LogP contribution in [0.4, 0.5) is 0 Å². The van der Waals surface area contributed by atoms with Crippen LogP contribution in [0.3, 0.4) is 0 Å². The Bertz CT molecular complexity index is 3590. The Morgan fingerprint density at radius 3 is 1.14 bits per heavy atom. The third-order valence-corrected chi connectivity index (χ3v) is 12.0. The molecule has 12 aromatic rings. The molecule has 0 atom stereocenters. The van der Waals surface area contributed by atoms with Gasteiger partial charge in [0, 0.05) is 29.1 Å². The van der Waals surface area contributed by atoms with E-state index in [4.69, 9.17) is 29.9 Å². The molecule has 0 saturated heterocycles. The number of aromatic nitrogens is 6. The van der Waals surface area contributed by atoms with Crippen molar-refractivity contribution in [2.75, 3.05) is 0 Å². The Labute approximate surface area is 369 Å². The quantitative estimate of drug-likeness (QED) is 0.149. The molecule has 0 spiro atoms. The average molecular weight is 817 g/mol. The van der Waals surface area contributed by atoms with E-state index < -0.39 is 0 Å². The molecular weight excluding hydrogens is 781 g/mol. The highest BCUT2D eigenvalue weighted by molar-refractivity contribution is 6.25. The molecule has 298 valence electrons. The van der Waals surface area contributed by atoms with Gasteiger partial charge in [-0.05, 0) is 120 Å². The predicted octanol–water partition coefficient (Wildman–Crippen LogP) is 14.3. The van der Waals surface area contributed by atoms with E-state index in [9.17, 15) is 0 Å². The molecule has 64 heavy (non-hydrogen) atoms. The van der Waals surface area contributed by atoms with Gasteiger partial charge >= 0.3 is 0 Å². The average Bonchev–Trinajstić information content (AvgIpc) is 3.38. The zero-order valence-electron chi connectivity index (χ0n) is 34.5. The molecule has 0 aliphatic heterocycles. The van der Waals surface area contributed by atoms with Crippen LogP contribution in [-0.2, 0) is 0 Å². The molecule has 0 unspecified atom stereocenters. The van der Waals surface area contributed by atoms with Crippen molar-refractivity contribution in [2.24, 2.45) is 0 Å². The summed E-state index contributed by atoms with van der Waals surface area (Å²) >= 11 is 0. The lowest BCUT2D eigenvalue weighted by atomic mass is 9.86. The first-order valence-corrected chi connectivity index (χ1v) is 21.4. The summed E-state index contributed by atoms with van der Waals surface area (Å²) in [5.74, 6) is 1.90. The van der Waals surface area contributed by atoms with Gasteiger partial charge in [-0.25, -0.2) is 19.9 Å². The lowest BCUT2D eigenvalue weighted by Crippen LogP contribution is -2.00. The van der Waals surface area contributed by atoms with E-state index in [1.807, 2.05) is 109 Å². The zero-order chi connectivity index (χ0) is 42.4. The Balaban J connectivity index is 1.07. The fourth-order valence-electron chi connectivity index (χ4n) is 9.05. The summed E-state index contributed by atoms with van der Waals surface area (Å²) in [6.07, 6.45) is 3.62. The maximum absolute atomic E-state index is 5.12. The summed E-state index contributed by atoms with van der Waals surface area (Å²) in [5.41, 5.74) is 10.5. The number of hydrogen-bond donors (Lipinski definition) is 0. The van der Waals surface area contributed by atoms with Gasteiger partial charge < -0.3 is 0 Å². The van der Waals surface area contributed by atoms with E-state index >= 15 is 0 Å². The smallest absolute Gasteiger partial charge is 0.164 e. The zero-order valence-corrected chi connectivity index (χ0v) is 34.5. The molecule has 0 aliphatic carbocycles. The SMILES string of the molecule is c1ccc(-c2nc(-c3ccccc3)nc(-c3ccc(-c4cc5c6ccccc6c(-c6cc(-c7ccccn7)nc(-c7ccccn7)c6)cc5c5ccccc45)c4ccccc34)n2)cc1. The van der Waals surface area contributed by atoms with Gasteiger partial charge in [0.2, 0.25) is 0 Å².